The smallest absolute Gasteiger partial charge is 0.303 e. The van der Waals surface area contributed by atoms with Gasteiger partial charge in [-0.1, -0.05) is 61.2 Å². The summed E-state index contributed by atoms with van der Waals surface area (Å²) in [5, 5.41) is 10.5. The molecule has 1 aliphatic rings. The van der Waals surface area contributed by atoms with Crippen molar-refractivity contribution in [1.29, 1.82) is 0 Å². The maximum absolute atomic E-state index is 11.5. The minimum absolute atomic E-state index is 0.173. The number of furan rings is 1. The lowest BCUT2D eigenvalue weighted by Crippen LogP contribution is -2.17. The van der Waals surface area contributed by atoms with E-state index in [2.05, 4.69) is 5.32 Å². The van der Waals surface area contributed by atoms with E-state index in [0.29, 0.717) is 21.4 Å². The minimum atomic E-state index is -0.711. The van der Waals surface area contributed by atoms with Crippen molar-refractivity contribution in [3.63, 3.8) is 0 Å². The molecule has 0 atom stereocenters. The number of benzene rings is 1. The van der Waals surface area contributed by atoms with Gasteiger partial charge < -0.3 is 14.8 Å². The third kappa shape index (κ3) is 5.88. The molecule has 0 aliphatic carbocycles. The first kappa shape index (κ1) is 19.0. The molecule has 1 saturated heterocycles. The summed E-state index contributed by atoms with van der Waals surface area (Å²) in [5.74, 6) is 0.532. The van der Waals surface area contributed by atoms with Gasteiger partial charge in [0.25, 0.3) is 5.91 Å². The summed E-state index contributed by atoms with van der Waals surface area (Å²) in [5.41, 5.74) is 1.01. The fourth-order valence-corrected chi connectivity index (χ4v) is 2.98. The maximum Gasteiger partial charge on any atom is 0.303 e. The Morgan fingerprint density at radius 1 is 1.28 bits per heavy atom. The molecular weight excluding hydrogens is 358 g/mol. The average Bonchev–Trinajstić information content (AvgIpc) is 3.16. The van der Waals surface area contributed by atoms with Crippen molar-refractivity contribution in [2.24, 2.45) is 0 Å². The van der Waals surface area contributed by atoms with E-state index in [4.69, 9.17) is 21.7 Å². The molecule has 0 radical (unpaired) electrons. The fourth-order valence-electron chi connectivity index (χ4n) is 1.95. The molecule has 2 heterocycles. The highest BCUT2D eigenvalue weighted by Crippen LogP contribution is 2.28. The molecule has 5 nitrogen and oxygen atoms in total. The van der Waals surface area contributed by atoms with E-state index in [0.717, 1.165) is 17.7 Å². The van der Waals surface area contributed by atoms with Gasteiger partial charge in [-0.25, -0.2) is 0 Å². The van der Waals surface area contributed by atoms with Crippen LogP contribution in [0.25, 0.3) is 17.4 Å². The van der Waals surface area contributed by atoms with Gasteiger partial charge in [0.1, 0.15) is 15.8 Å². The summed E-state index contributed by atoms with van der Waals surface area (Å²) in [6.07, 6.45) is 2.72. The molecule has 3 rings (SSSR count). The topological polar surface area (TPSA) is 79.5 Å². The summed E-state index contributed by atoms with van der Waals surface area (Å²) in [4.78, 5) is 21.7. The molecule has 1 aromatic heterocycles. The normalized spacial score (nSPS) is 14.8. The minimum Gasteiger partial charge on any atom is -0.481 e. The third-order valence-corrected chi connectivity index (χ3v) is 4.23. The Balaban J connectivity index is 0.000000326. The van der Waals surface area contributed by atoms with Gasteiger partial charge in [-0.05, 0) is 18.6 Å². The molecule has 130 valence electrons. The van der Waals surface area contributed by atoms with Crippen LogP contribution in [-0.2, 0) is 9.59 Å². The number of thiocarbonyl (C=S) groups is 1. The molecule has 1 fully saturated rings. The molecule has 0 unspecified atom stereocenters. The molecule has 0 spiro atoms. The van der Waals surface area contributed by atoms with Gasteiger partial charge in [0.2, 0.25) is 0 Å². The highest BCUT2D eigenvalue weighted by atomic mass is 32.2. The third-order valence-electron chi connectivity index (χ3n) is 3.06. The highest BCUT2D eigenvalue weighted by molar-refractivity contribution is 8.26. The van der Waals surface area contributed by atoms with Crippen LogP contribution in [0.15, 0.2) is 51.8 Å². The van der Waals surface area contributed by atoms with Crippen molar-refractivity contribution in [3.05, 3.63) is 53.1 Å². The number of amides is 1. The number of hydrogen-bond acceptors (Lipinski definition) is 5. The number of carbonyl (C=O) groups is 2. The molecule has 7 heteroatoms. The predicted molar refractivity (Wildman–Crippen MR) is 103 cm³/mol. The number of rotatable bonds is 4. The van der Waals surface area contributed by atoms with E-state index in [-0.39, 0.29) is 5.91 Å². The van der Waals surface area contributed by atoms with Crippen LogP contribution in [0.3, 0.4) is 0 Å². The van der Waals surface area contributed by atoms with Crippen molar-refractivity contribution in [1.82, 2.24) is 5.32 Å². The Morgan fingerprint density at radius 3 is 2.52 bits per heavy atom. The van der Waals surface area contributed by atoms with Gasteiger partial charge in [-0.15, -0.1) is 0 Å². The van der Waals surface area contributed by atoms with Crippen LogP contribution in [0, 0.1) is 0 Å². The van der Waals surface area contributed by atoms with Gasteiger partial charge >= 0.3 is 5.97 Å². The van der Waals surface area contributed by atoms with Crippen molar-refractivity contribution in [2.75, 3.05) is 0 Å². The van der Waals surface area contributed by atoms with E-state index in [1.54, 1.807) is 6.08 Å². The molecule has 1 aromatic carbocycles. The van der Waals surface area contributed by atoms with Gasteiger partial charge in [-0.3, -0.25) is 9.59 Å². The largest absolute Gasteiger partial charge is 0.481 e. The molecule has 25 heavy (non-hydrogen) atoms. The van der Waals surface area contributed by atoms with Crippen LogP contribution in [0.1, 0.15) is 25.5 Å². The quantitative estimate of drug-likeness (QED) is 0.612. The molecule has 2 N–H and O–H groups in total. The molecule has 0 bridgehead atoms. The first-order valence-electron chi connectivity index (χ1n) is 7.61. The zero-order valence-electron chi connectivity index (χ0n) is 13.5. The first-order valence-corrected chi connectivity index (χ1v) is 8.84. The molecule has 1 amide bonds. The van der Waals surface area contributed by atoms with Crippen LogP contribution in [-0.4, -0.2) is 21.3 Å². The van der Waals surface area contributed by atoms with E-state index in [1.807, 2.05) is 49.4 Å². The molecule has 2 aromatic rings. The van der Waals surface area contributed by atoms with Gasteiger partial charge in [0.05, 0.1) is 4.91 Å². The summed E-state index contributed by atoms with van der Waals surface area (Å²) >= 11 is 6.18. The fraction of sp³-hybridized carbons (Fsp3) is 0.167. The maximum atomic E-state index is 11.5. The number of nitrogens with one attached hydrogen (secondary N) is 1. The van der Waals surface area contributed by atoms with Crippen LogP contribution >= 0.6 is 24.0 Å². The Bertz CT molecular complexity index is 796. The number of thioether (sulfide) groups is 1. The summed E-state index contributed by atoms with van der Waals surface area (Å²) in [6, 6.07) is 13.5. The van der Waals surface area contributed by atoms with Crippen molar-refractivity contribution >= 4 is 46.3 Å². The van der Waals surface area contributed by atoms with E-state index >= 15 is 0 Å². The number of aliphatic carboxylic acids is 1. The second-order valence-electron chi connectivity index (χ2n) is 5.06. The van der Waals surface area contributed by atoms with Crippen molar-refractivity contribution < 1.29 is 19.1 Å². The van der Waals surface area contributed by atoms with Crippen LogP contribution in [0.2, 0.25) is 0 Å². The van der Waals surface area contributed by atoms with E-state index in [1.165, 1.54) is 11.8 Å². The second-order valence-corrected chi connectivity index (χ2v) is 6.78. The first-order chi connectivity index (χ1) is 12.0. The zero-order valence-corrected chi connectivity index (χ0v) is 15.2. The lowest BCUT2D eigenvalue weighted by molar-refractivity contribution is -0.137. The lowest BCUT2D eigenvalue weighted by atomic mass is 10.2. The zero-order chi connectivity index (χ0) is 18.2. The Hall–Kier alpha value is -2.38. The SMILES string of the molecule is CCCC(=O)O.O=C1NC(=S)S/C1=C/c1ccc(-c2ccccc2)o1. The standard InChI is InChI=1S/C14H9NO2S2.C4H8O2/c16-13-12(19-14(18)15-13)8-10-6-7-11(17-10)9-4-2-1-3-5-9;1-2-3-4(5)6/h1-8H,(H,15,16,18);2-3H2,1H3,(H,5,6)/b12-8+;. The molecule has 0 saturated carbocycles. The number of carboxylic acids is 1. The monoisotopic (exact) mass is 375 g/mol. The Kier molecular flexibility index (Phi) is 6.97. The van der Waals surface area contributed by atoms with Gasteiger partial charge in [-0.2, -0.15) is 0 Å². The van der Waals surface area contributed by atoms with Crippen LogP contribution < -0.4 is 5.32 Å². The van der Waals surface area contributed by atoms with Crippen molar-refractivity contribution in [2.45, 2.75) is 19.8 Å². The highest BCUT2D eigenvalue weighted by Gasteiger charge is 2.22. The van der Waals surface area contributed by atoms with Gasteiger partial charge in [0.15, 0.2) is 0 Å². The van der Waals surface area contributed by atoms with Crippen LogP contribution in [0.5, 0.6) is 0 Å². The molecular formula is C18H17NO4S2. The summed E-state index contributed by atoms with van der Waals surface area (Å²) < 4.78 is 6.18. The van der Waals surface area contributed by atoms with Gasteiger partial charge in [0, 0.05) is 18.1 Å². The van der Waals surface area contributed by atoms with E-state index in [9.17, 15) is 9.59 Å². The lowest BCUT2D eigenvalue weighted by Gasteiger charge is -1.95. The van der Waals surface area contributed by atoms with Crippen LogP contribution in [0.4, 0.5) is 0 Å². The number of hydrogen-bond donors (Lipinski definition) is 2. The number of carboxylic acid groups (broad SMARTS) is 1. The summed E-state index contributed by atoms with van der Waals surface area (Å²) in [6.45, 7) is 1.84. The summed E-state index contributed by atoms with van der Waals surface area (Å²) in [7, 11) is 0. The average molecular weight is 375 g/mol. The molecule has 1 aliphatic heterocycles. The number of carbonyl (C=O) groups excluding carboxylic acids is 1. The second kappa shape index (κ2) is 9.19. The predicted octanol–water partition coefficient (Wildman–Crippen LogP) is 4.31. The Labute approximate surface area is 155 Å². The van der Waals surface area contributed by atoms with E-state index < -0.39 is 5.97 Å². The van der Waals surface area contributed by atoms with Crippen molar-refractivity contribution in [3.8, 4) is 11.3 Å². The Morgan fingerprint density at radius 2 is 2.00 bits per heavy atom.